The van der Waals surface area contributed by atoms with E-state index in [1.807, 2.05) is 18.2 Å². The maximum absolute atomic E-state index is 13.6. The van der Waals surface area contributed by atoms with E-state index in [1.54, 1.807) is 13.3 Å². The Kier molecular flexibility index (Phi) is 5.10. The van der Waals surface area contributed by atoms with Crippen molar-refractivity contribution in [3.63, 3.8) is 0 Å². The largest absolute Gasteiger partial charge is 0.474 e. The molecule has 2 fully saturated rings. The Labute approximate surface area is 158 Å². The highest BCUT2D eigenvalue weighted by Gasteiger charge is 2.51. The van der Waals surface area contributed by atoms with Crippen molar-refractivity contribution in [2.75, 3.05) is 13.7 Å². The van der Waals surface area contributed by atoms with Crippen LogP contribution in [0.5, 0.6) is 5.88 Å². The molecule has 6 heteroatoms. The molecule has 0 unspecified atom stereocenters. The van der Waals surface area contributed by atoms with Crippen LogP contribution in [0.3, 0.4) is 0 Å². The van der Waals surface area contributed by atoms with E-state index in [0.717, 1.165) is 38.3 Å². The predicted octanol–water partition coefficient (Wildman–Crippen LogP) is 3.95. The van der Waals surface area contributed by atoms with E-state index >= 15 is 0 Å². The topological polar surface area (TPSA) is 34.6 Å². The third kappa shape index (κ3) is 3.82. The van der Waals surface area contributed by atoms with E-state index in [2.05, 4.69) is 9.88 Å². The van der Waals surface area contributed by atoms with Crippen molar-refractivity contribution in [3.05, 3.63) is 59.8 Å². The van der Waals surface area contributed by atoms with Gasteiger partial charge in [-0.1, -0.05) is 6.07 Å². The smallest absolute Gasteiger partial charge is 0.213 e. The summed E-state index contributed by atoms with van der Waals surface area (Å²) in [5, 5.41) is 0. The summed E-state index contributed by atoms with van der Waals surface area (Å²) in [5.41, 5.74) is 0.433. The molecule has 1 aromatic carbocycles. The molecule has 4 rings (SSSR count). The van der Waals surface area contributed by atoms with Crippen LogP contribution >= 0.6 is 0 Å². The van der Waals surface area contributed by atoms with Gasteiger partial charge in [-0.3, -0.25) is 4.90 Å². The number of pyridine rings is 1. The molecule has 1 saturated carbocycles. The summed E-state index contributed by atoms with van der Waals surface area (Å²) in [5.74, 6) is -0.450. The molecule has 3 atom stereocenters. The molecule has 0 N–H and O–H groups in total. The van der Waals surface area contributed by atoms with Crippen molar-refractivity contribution in [3.8, 4) is 5.88 Å². The van der Waals surface area contributed by atoms with Crippen LogP contribution in [-0.4, -0.2) is 41.3 Å². The van der Waals surface area contributed by atoms with Gasteiger partial charge in [0.05, 0.1) is 5.60 Å². The van der Waals surface area contributed by atoms with E-state index in [4.69, 9.17) is 9.47 Å². The normalized spacial score (nSPS) is 28.1. The van der Waals surface area contributed by atoms with Gasteiger partial charge in [-0.15, -0.1) is 0 Å². The molecule has 0 amide bonds. The van der Waals surface area contributed by atoms with Crippen LogP contribution in [0.25, 0.3) is 0 Å². The maximum Gasteiger partial charge on any atom is 0.213 e. The summed E-state index contributed by atoms with van der Waals surface area (Å²) in [6, 6.07) is 9.49. The van der Waals surface area contributed by atoms with Crippen LogP contribution < -0.4 is 4.74 Å². The maximum atomic E-state index is 13.6. The lowest BCUT2D eigenvalue weighted by Gasteiger charge is -2.43. The van der Waals surface area contributed by atoms with Crippen LogP contribution in [0.15, 0.2) is 42.6 Å². The standard InChI is InChI=1S/C21H24F2N2O2/c1-26-21-6-5-18(27-20-4-2-3-8-24-20)13-19(21)25(9-7-21)14-15-10-16(22)12-17(23)11-15/h2-4,8,10-12,18-19H,5-7,9,13-14H2,1H3/t18-,19-,21+/m0/s1. The second-order valence-corrected chi connectivity index (χ2v) is 7.47. The monoisotopic (exact) mass is 374 g/mol. The van der Waals surface area contributed by atoms with E-state index in [1.165, 1.54) is 12.1 Å². The first-order chi connectivity index (χ1) is 13.1. The molecular formula is C21H24F2N2O2. The Balaban J connectivity index is 1.50. The number of benzene rings is 1. The van der Waals surface area contributed by atoms with Crippen molar-refractivity contribution < 1.29 is 18.3 Å². The average Bonchev–Trinajstić information content (AvgIpc) is 3.00. The molecule has 0 spiro atoms. The first-order valence-electron chi connectivity index (χ1n) is 9.40. The second kappa shape index (κ2) is 7.52. The molecule has 1 aliphatic carbocycles. The highest BCUT2D eigenvalue weighted by molar-refractivity contribution is 5.19. The highest BCUT2D eigenvalue weighted by Crippen LogP contribution is 2.43. The summed E-state index contributed by atoms with van der Waals surface area (Å²) in [4.78, 5) is 6.52. The van der Waals surface area contributed by atoms with Gasteiger partial charge in [0.15, 0.2) is 0 Å². The van der Waals surface area contributed by atoms with Crippen molar-refractivity contribution in [1.29, 1.82) is 0 Å². The van der Waals surface area contributed by atoms with Gasteiger partial charge < -0.3 is 9.47 Å². The number of methoxy groups -OCH3 is 1. The second-order valence-electron chi connectivity index (χ2n) is 7.47. The molecule has 4 nitrogen and oxygen atoms in total. The van der Waals surface area contributed by atoms with Gasteiger partial charge in [0.1, 0.15) is 17.7 Å². The fourth-order valence-corrected chi connectivity index (χ4v) is 4.58. The molecule has 1 aromatic heterocycles. The molecule has 144 valence electrons. The summed E-state index contributed by atoms with van der Waals surface area (Å²) < 4.78 is 39.2. The fourth-order valence-electron chi connectivity index (χ4n) is 4.58. The van der Waals surface area contributed by atoms with Crippen LogP contribution in [0.2, 0.25) is 0 Å². The zero-order chi connectivity index (χ0) is 18.9. The Morgan fingerprint density at radius 3 is 2.70 bits per heavy atom. The summed E-state index contributed by atoms with van der Waals surface area (Å²) in [6.07, 6.45) is 5.31. The zero-order valence-corrected chi connectivity index (χ0v) is 15.4. The van der Waals surface area contributed by atoms with Gasteiger partial charge in [0.2, 0.25) is 5.88 Å². The Hall–Kier alpha value is -2.05. The first kappa shape index (κ1) is 18.3. The van der Waals surface area contributed by atoms with Gasteiger partial charge in [0, 0.05) is 51.0 Å². The van der Waals surface area contributed by atoms with Crippen LogP contribution in [0, 0.1) is 11.6 Å². The zero-order valence-electron chi connectivity index (χ0n) is 15.4. The number of hydrogen-bond donors (Lipinski definition) is 0. The number of rotatable bonds is 5. The molecule has 2 aromatic rings. The van der Waals surface area contributed by atoms with Crippen LogP contribution in [0.4, 0.5) is 8.78 Å². The average molecular weight is 374 g/mol. The Bertz CT molecular complexity index is 769. The lowest BCUT2D eigenvalue weighted by molar-refractivity contribution is -0.0843. The minimum atomic E-state index is -0.540. The predicted molar refractivity (Wildman–Crippen MR) is 97.4 cm³/mol. The van der Waals surface area contributed by atoms with E-state index < -0.39 is 11.6 Å². The number of nitrogens with zero attached hydrogens (tertiary/aromatic N) is 2. The molecule has 0 bridgehead atoms. The van der Waals surface area contributed by atoms with Gasteiger partial charge in [-0.05, 0) is 43.0 Å². The van der Waals surface area contributed by atoms with Crippen molar-refractivity contribution >= 4 is 0 Å². The lowest BCUT2D eigenvalue weighted by Crippen LogP contribution is -2.52. The molecule has 27 heavy (non-hydrogen) atoms. The van der Waals surface area contributed by atoms with Gasteiger partial charge >= 0.3 is 0 Å². The molecule has 1 saturated heterocycles. The van der Waals surface area contributed by atoms with Gasteiger partial charge in [-0.25, -0.2) is 13.8 Å². The number of likely N-dealkylation sites (tertiary alicyclic amines) is 1. The third-order valence-electron chi connectivity index (χ3n) is 5.89. The highest BCUT2D eigenvalue weighted by atomic mass is 19.1. The molecule has 2 aliphatic rings. The Morgan fingerprint density at radius 1 is 1.19 bits per heavy atom. The first-order valence-corrected chi connectivity index (χ1v) is 9.40. The summed E-state index contributed by atoms with van der Waals surface area (Å²) in [6.45, 7) is 1.34. The molecule has 1 aliphatic heterocycles. The van der Waals surface area contributed by atoms with Crippen LogP contribution in [0.1, 0.15) is 31.2 Å². The van der Waals surface area contributed by atoms with E-state index in [-0.39, 0.29) is 17.7 Å². The molecular weight excluding hydrogens is 350 g/mol. The third-order valence-corrected chi connectivity index (χ3v) is 5.89. The fraction of sp³-hybridized carbons (Fsp3) is 0.476. The van der Waals surface area contributed by atoms with Gasteiger partial charge in [0.25, 0.3) is 0 Å². The Morgan fingerprint density at radius 2 is 2.00 bits per heavy atom. The number of aromatic nitrogens is 1. The summed E-state index contributed by atoms with van der Waals surface area (Å²) in [7, 11) is 1.76. The van der Waals surface area contributed by atoms with Crippen molar-refractivity contribution in [2.24, 2.45) is 0 Å². The number of halogens is 2. The minimum absolute atomic E-state index is 0.0537. The summed E-state index contributed by atoms with van der Waals surface area (Å²) >= 11 is 0. The molecule has 0 radical (unpaired) electrons. The van der Waals surface area contributed by atoms with Crippen molar-refractivity contribution in [1.82, 2.24) is 9.88 Å². The number of ether oxygens (including phenoxy) is 2. The lowest BCUT2D eigenvalue weighted by atomic mass is 9.79. The van der Waals surface area contributed by atoms with Crippen LogP contribution in [-0.2, 0) is 11.3 Å². The number of fused-ring (bicyclic) bond motifs is 1. The number of hydrogen-bond acceptors (Lipinski definition) is 4. The van der Waals surface area contributed by atoms with Crippen molar-refractivity contribution in [2.45, 2.75) is 50.0 Å². The minimum Gasteiger partial charge on any atom is -0.474 e. The molecule has 2 heterocycles. The SMILES string of the molecule is CO[C@@]12CC[C@H](Oc3ccccn3)C[C@@H]1N(Cc1cc(F)cc(F)c1)CC2. The van der Waals surface area contributed by atoms with E-state index in [9.17, 15) is 8.78 Å². The quantitative estimate of drug-likeness (QED) is 0.794. The van der Waals surface area contributed by atoms with E-state index in [0.29, 0.717) is 18.0 Å². The van der Waals surface area contributed by atoms with Gasteiger partial charge in [-0.2, -0.15) is 0 Å².